The Morgan fingerprint density at radius 1 is 1.53 bits per heavy atom. The first-order valence-electron chi connectivity index (χ1n) is 3.77. The monoisotopic (exact) mass is 244 g/mol. The number of thiocarbonyl (C=S) groups is 1. The molecule has 0 aromatic heterocycles. The molecule has 0 aliphatic carbocycles. The third-order valence-electron chi connectivity index (χ3n) is 1.63. The maximum atomic E-state index is 11.1. The molecule has 0 heterocycles. The van der Waals surface area contributed by atoms with Crippen molar-refractivity contribution in [3.8, 4) is 5.75 Å². The molecule has 0 unspecified atom stereocenters. The summed E-state index contributed by atoms with van der Waals surface area (Å²) in [6.45, 7) is 0. The van der Waals surface area contributed by atoms with Gasteiger partial charge in [0.05, 0.1) is 18.0 Å². The van der Waals surface area contributed by atoms with E-state index in [1.165, 1.54) is 25.3 Å². The van der Waals surface area contributed by atoms with Gasteiger partial charge in [0.1, 0.15) is 10.6 Å². The Morgan fingerprint density at radius 3 is 2.67 bits per heavy atom. The highest BCUT2D eigenvalue weighted by Crippen LogP contribution is 2.27. The second-order valence-corrected chi connectivity index (χ2v) is 4.30. The zero-order chi connectivity index (χ0) is 11.5. The fourth-order valence-corrected chi connectivity index (χ4v) is 1.80. The van der Waals surface area contributed by atoms with Gasteiger partial charge in [-0.1, -0.05) is 0 Å². The number of sulfonamides is 1. The summed E-state index contributed by atoms with van der Waals surface area (Å²) < 4.78 is 27.1. The van der Waals surface area contributed by atoms with Crippen LogP contribution in [0.1, 0.15) is 0 Å². The maximum absolute atomic E-state index is 11.1. The fraction of sp³-hybridized carbons (Fsp3) is 0.125. The van der Waals surface area contributed by atoms with E-state index in [4.69, 9.17) is 9.88 Å². The fourth-order valence-electron chi connectivity index (χ4n) is 1.01. The Kier molecular flexibility index (Phi) is 3.54. The molecule has 15 heavy (non-hydrogen) atoms. The van der Waals surface area contributed by atoms with Crippen molar-refractivity contribution in [2.75, 3.05) is 7.11 Å². The van der Waals surface area contributed by atoms with Gasteiger partial charge >= 0.3 is 0 Å². The van der Waals surface area contributed by atoms with Crippen LogP contribution in [0.5, 0.6) is 5.75 Å². The first-order valence-corrected chi connectivity index (χ1v) is 5.73. The van der Waals surface area contributed by atoms with Crippen LogP contribution in [-0.2, 0) is 10.0 Å². The molecular weight excluding hydrogens is 236 g/mol. The average molecular weight is 244 g/mol. The number of hydrogen-bond acceptors (Lipinski definition) is 5. The van der Waals surface area contributed by atoms with Crippen LogP contribution >= 0.6 is 12.2 Å². The highest BCUT2D eigenvalue weighted by molar-refractivity contribution is 7.89. The first-order chi connectivity index (χ1) is 6.99. The number of isothiocyanates is 1. The molecule has 80 valence electrons. The zero-order valence-electron chi connectivity index (χ0n) is 7.80. The summed E-state index contributed by atoms with van der Waals surface area (Å²) in [6, 6.07) is 4.18. The second kappa shape index (κ2) is 4.50. The molecule has 0 fully saturated rings. The van der Waals surface area contributed by atoms with Gasteiger partial charge in [-0.15, -0.1) is 0 Å². The van der Waals surface area contributed by atoms with E-state index < -0.39 is 10.0 Å². The molecule has 5 nitrogen and oxygen atoms in total. The number of ether oxygens (including phenoxy) is 1. The van der Waals surface area contributed by atoms with Crippen molar-refractivity contribution < 1.29 is 13.2 Å². The normalized spacial score (nSPS) is 10.5. The van der Waals surface area contributed by atoms with E-state index in [1.807, 2.05) is 0 Å². The zero-order valence-corrected chi connectivity index (χ0v) is 9.43. The van der Waals surface area contributed by atoms with E-state index >= 15 is 0 Å². The molecule has 1 rings (SSSR count). The number of rotatable bonds is 3. The van der Waals surface area contributed by atoms with Gasteiger partial charge in [0.25, 0.3) is 0 Å². The molecule has 0 amide bonds. The number of benzene rings is 1. The molecule has 0 bridgehead atoms. The van der Waals surface area contributed by atoms with Gasteiger partial charge in [0.15, 0.2) is 0 Å². The predicted octanol–water partition coefficient (Wildman–Crippen LogP) is 1.08. The molecular formula is C8H8N2O3S2. The van der Waals surface area contributed by atoms with Crippen molar-refractivity contribution in [3.05, 3.63) is 18.2 Å². The summed E-state index contributed by atoms with van der Waals surface area (Å²) in [5, 5.41) is 7.15. The molecule has 0 aliphatic heterocycles. The molecule has 1 aromatic carbocycles. The highest BCUT2D eigenvalue weighted by atomic mass is 32.2. The lowest BCUT2D eigenvalue weighted by Gasteiger charge is -2.06. The van der Waals surface area contributed by atoms with Crippen LogP contribution in [0.3, 0.4) is 0 Å². The summed E-state index contributed by atoms with van der Waals surface area (Å²) in [5.41, 5.74) is 0.453. The van der Waals surface area contributed by atoms with Gasteiger partial charge in [-0.25, -0.2) is 13.6 Å². The standard InChI is InChI=1S/C8H8N2O3S2/c1-13-7-4-6(10-5-14)2-3-8(7)15(9,11)12/h2-4H,1H3,(H2,9,11,12). The minimum absolute atomic E-state index is 0.0895. The van der Waals surface area contributed by atoms with E-state index in [2.05, 4.69) is 22.4 Å². The molecule has 0 radical (unpaired) electrons. The van der Waals surface area contributed by atoms with Crippen molar-refractivity contribution in [3.63, 3.8) is 0 Å². The van der Waals surface area contributed by atoms with Crippen molar-refractivity contribution in [2.24, 2.45) is 10.1 Å². The molecule has 0 spiro atoms. The van der Waals surface area contributed by atoms with Crippen LogP contribution in [0.4, 0.5) is 5.69 Å². The third kappa shape index (κ3) is 2.84. The minimum atomic E-state index is -3.79. The summed E-state index contributed by atoms with van der Waals surface area (Å²) >= 11 is 4.42. The Hall–Kier alpha value is -1.27. The van der Waals surface area contributed by atoms with E-state index in [-0.39, 0.29) is 10.6 Å². The molecule has 0 saturated carbocycles. The molecule has 1 aromatic rings. The summed E-state index contributed by atoms with van der Waals surface area (Å²) in [6.07, 6.45) is 0. The van der Waals surface area contributed by atoms with Crippen molar-refractivity contribution >= 4 is 33.1 Å². The lowest BCUT2D eigenvalue weighted by molar-refractivity contribution is 0.403. The molecule has 7 heteroatoms. The van der Waals surface area contributed by atoms with E-state index in [9.17, 15) is 8.42 Å². The summed E-state index contributed by atoms with van der Waals surface area (Å²) in [4.78, 5) is 3.60. The Balaban J connectivity index is 3.40. The van der Waals surface area contributed by atoms with E-state index in [1.54, 1.807) is 0 Å². The Morgan fingerprint density at radius 2 is 2.20 bits per heavy atom. The highest BCUT2D eigenvalue weighted by Gasteiger charge is 2.14. The average Bonchev–Trinajstić information content (AvgIpc) is 2.16. The Labute approximate surface area is 92.6 Å². The van der Waals surface area contributed by atoms with Crippen LogP contribution in [0, 0.1) is 0 Å². The van der Waals surface area contributed by atoms with Crippen molar-refractivity contribution in [1.29, 1.82) is 0 Å². The van der Waals surface area contributed by atoms with Gasteiger partial charge < -0.3 is 4.74 Å². The molecule has 2 N–H and O–H groups in total. The number of primary sulfonamides is 1. The van der Waals surface area contributed by atoms with Crippen LogP contribution in [0.2, 0.25) is 0 Å². The number of hydrogen-bond donors (Lipinski definition) is 1. The Bertz CT molecular complexity index is 519. The maximum Gasteiger partial charge on any atom is 0.241 e. The number of methoxy groups -OCH3 is 1. The van der Waals surface area contributed by atoms with Gasteiger partial charge in [-0.05, 0) is 24.4 Å². The van der Waals surface area contributed by atoms with Gasteiger partial charge in [-0.3, -0.25) is 0 Å². The van der Waals surface area contributed by atoms with Crippen LogP contribution in [-0.4, -0.2) is 20.7 Å². The SMILES string of the molecule is COc1cc(N=C=S)ccc1S(N)(=O)=O. The van der Waals surface area contributed by atoms with E-state index in [0.717, 1.165) is 0 Å². The second-order valence-electron chi connectivity index (χ2n) is 2.58. The molecule has 0 saturated heterocycles. The summed E-state index contributed by atoms with van der Waals surface area (Å²) in [5.74, 6) is 0.129. The minimum Gasteiger partial charge on any atom is -0.495 e. The van der Waals surface area contributed by atoms with Gasteiger partial charge in [0.2, 0.25) is 10.0 Å². The summed E-state index contributed by atoms with van der Waals surface area (Å²) in [7, 11) is -2.45. The lowest BCUT2D eigenvalue weighted by Crippen LogP contribution is -2.13. The molecule has 0 aliphatic rings. The van der Waals surface area contributed by atoms with Crippen LogP contribution in [0.25, 0.3) is 0 Å². The lowest BCUT2D eigenvalue weighted by atomic mass is 10.3. The quantitative estimate of drug-likeness (QED) is 0.637. The first kappa shape index (κ1) is 11.8. The topological polar surface area (TPSA) is 81.8 Å². The molecule has 0 atom stereocenters. The van der Waals surface area contributed by atoms with Crippen molar-refractivity contribution in [2.45, 2.75) is 4.90 Å². The number of aliphatic imine (C=N–C) groups is 1. The number of nitrogens with two attached hydrogens (primary N) is 1. The smallest absolute Gasteiger partial charge is 0.241 e. The van der Waals surface area contributed by atoms with Crippen LogP contribution in [0.15, 0.2) is 28.1 Å². The van der Waals surface area contributed by atoms with Gasteiger partial charge in [-0.2, -0.15) is 4.99 Å². The van der Waals surface area contributed by atoms with Crippen LogP contribution < -0.4 is 9.88 Å². The van der Waals surface area contributed by atoms with Gasteiger partial charge in [0, 0.05) is 6.07 Å². The largest absolute Gasteiger partial charge is 0.495 e. The predicted molar refractivity (Wildman–Crippen MR) is 59.1 cm³/mol. The third-order valence-corrected chi connectivity index (χ3v) is 2.67. The number of nitrogens with zero attached hydrogens (tertiary/aromatic N) is 1. The van der Waals surface area contributed by atoms with Crippen molar-refractivity contribution in [1.82, 2.24) is 0 Å². The van der Waals surface area contributed by atoms with E-state index in [0.29, 0.717) is 5.69 Å².